The molecule has 0 radical (unpaired) electrons. The van der Waals surface area contributed by atoms with Gasteiger partial charge in [-0.1, -0.05) is 54.6 Å². The average molecular weight is 425 g/mol. The van der Waals surface area contributed by atoms with E-state index in [1.165, 1.54) is 6.26 Å². The van der Waals surface area contributed by atoms with Crippen LogP contribution in [0.5, 0.6) is 0 Å². The molecule has 158 valence electrons. The molecule has 3 rings (SSSR count). The fourth-order valence-electron chi connectivity index (χ4n) is 3.60. The topological polar surface area (TPSA) is 66.5 Å². The summed E-state index contributed by atoms with van der Waals surface area (Å²) in [6.45, 7) is 4.23. The maximum absolute atomic E-state index is 12.7. The molecule has 3 aromatic carbocycles. The van der Waals surface area contributed by atoms with E-state index in [2.05, 4.69) is 23.5 Å². The summed E-state index contributed by atoms with van der Waals surface area (Å²) >= 11 is 0. The van der Waals surface area contributed by atoms with Crippen LogP contribution in [-0.2, 0) is 14.6 Å². The minimum Gasteiger partial charge on any atom is -0.348 e. The minimum atomic E-state index is -3.22. The first-order chi connectivity index (χ1) is 14.2. The van der Waals surface area contributed by atoms with Crippen LogP contribution in [0, 0.1) is 0 Å². The lowest BCUT2D eigenvalue weighted by Crippen LogP contribution is -2.37. The van der Waals surface area contributed by atoms with Gasteiger partial charge in [-0.05, 0) is 54.9 Å². The van der Waals surface area contributed by atoms with Gasteiger partial charge in [0.15, 0.2) is 9.84 Å². The van der Waals surface area contributed by atoms with Crippen LogP contribution < -0.4 is 5.32 Å². The Balaban J connectivity index is 1.65. The third-order valence-corrected chi connectivity index (χ3v) is 6.64. The van der Waals surface area contributed by atoms with Crippen molar-refractivity contribution in [1.82, 2.24) is 10.2 Å². The van der Waals surface area contributed by atoms with Crippen LogP contribution in [0.1, 0.15) is 37.1 Å². The molecule has 5 nitrogen and oxygen atoms in total. The van der Waals surface area contributed by atoms with Gasteiger partial charge in [0.1, 0.15) is 0 Å². The molecule has 2 atom stereocenters. The summed E-state index contributed by atoms with van der Waals surface area (Å²) in [6.07, 6.45) is 1.19. The van der Waals surface area contributed by atoms with Gasteiger partial charge in [-0.15, -0.1) is 0 Å². The highest BCUT2D eigenvalue weighted by Gasteiger charge is 2.18. The number of carbonyl (C=O) groups is 1. The van der Waals surface area contributed by atoms with Crippen LogP contribution >= 0.6 is 0 Å². The summed E-state index contributed by atoms with van der Waals surface area (Å²) < 4.78 is 23.3. The van der Waals surface area contributed by atoms with Crippen molar-refractivity contribution < 1.29 is 13.2 Å². The van der Waals surface area contributed by atoms with E-state index < -0.39 is 9.84 Å². The third kappa shape index (κ3) is 5.07. The predicted octanol–water partition coefficient (Wildman–Crippen LogP) is 4.11. The van der Waals surface area contributed by atoms with Gasteiger partial charge in [0, 0.05) is 12.3 Å². The Morgan fingerprint density at radius 2 is 1.60 bits per heavy atom. The molecule has 1 N–H and O–H groups in total. The zero-order valence-corrected chi connectivity index (χ0v) is 18.6. The number of likely N-dealkylation sites (N-methyl/N-ethyl adjacent to an activating group) is 1. The van der Waals surface area contributed by atoms with Crippen molar-refractivity contribution >= 4 is 26.5 Å². The fourth-order valence-corrected chi connectivity index (χ4v) is 4.23. The molecule has 30 heavy (non-hydrogen) atoms. The molecule has 0 unspecified atom stereocenters. The number of rotatable bonds is 7. The van der Waals surface area contributed by atoms with E-state index >= 15 is 0 Å². The van der Waals surface area contributed by atoms with Gasteiger partial charge in [0.05, 0.1) is 17.5 Å². The van der Waals surface area contributed by atoms with Crippen molar-refractivity contribution in [2.45, 2.75) is 30.8 Å². The number of amides is 1. The summed E-state index contributed by atoms with van der Waals surface area (Å²) in [5, 5.41) is 5.39. The minimum absolute atomic E-state index is 0.0304. The monoisotopic (exact) mass is 424 g/mol. The van der Waals surface area contributed by atoms with Crippen molar-refractivity contribution in [3.05, 3.63) is 77.9 Å². The molecule has 6 heteroatoms. The maximum Gasteiger partial charge on any atom is 0.234 e. The largest absolute Gasteiger partial charge is 0.348 e. The molecular weight excluding hydrogens is 396 g/mol. The third-order valence-electron chi connectivity index (χ3n) is 5.51. The molecule has 0 aliphatic carbocycles. The van der Waals surface area contributed by atoms with Gasteiger partial charge in [-0.3, -0.25) is 9.69 Å². The second-order valence-electron chi connectivity index (χ2n) is 7.79. The van der Waals surface area contributed by atoms with Crippen LogP contribution in [0.3, 0.4) is 0 Å². The van der Waals surface area contributed by atoms with Crippen molar-refractivity contribution in [2.75, 3.05) is 19.8 Å². The SMILES string of the molecule is C[C@H](c1ccc(S(C)(=O)=O)cc1)N(C)CC(=O)N[C@H](C)c1cccc2ccccc12. The lowest BCUT2D eigenvalue weighted by molar-refractivity contribution is -0.123. The molecule has 0 saturated carbocycles. The molecule has 0 fully saturated rings. The Labute approximate surface area is 178 Å². The lowest BCUT2D eigenvalue weighted by atomic mass is 9.99. The lowest BCUT2D eigenvalue weighted by Gasteiger charge is -2.26. The second-order valence-corrected chi connectivity index (χ2v) is 9.81. The number of hydrogen-bond donors (Lipinski definition) is 1. The van der Waals surface area contributed by atoms with E-state index in [4.69, 9.17) is 0 Å². The first kappa shape index (κ1) is 22.0. The van der Waals surface area contributed by atoms with E-state index in [0.29, 0.717) is 4.90 Å². The predicted molar refractivity (Wildman–Crippen MR) is 121 cm³/mol. The molecule has 1 amide bonds. The van der Waals surface area contributed by atoms with Crippen molar-refractivity contribution in [2.24, 2.45) is 0 Å². The number of sulfone groups is 1. The number of nitrogens with zero attached hydrogens (tertiary/aromatic N) is 1. The Hall–Kier alpha value is -2.70. The fraction of sp³-hybridized carbons (Fsp3) is 0.292. The molecule has 0 aliphatic rings. The number of benzene rings is 3. The van der Waals surface area contributed by atoms with Gasteiger partial charge >= 0.3 is 0 Å². The summed E-state index contributed by atoms with van der Waals surface area (Å²) in [5.41, 5.74) is 2.05. The summed E-state index contributed by atoms with van der Waals surface area (Å²) in [5.74, 6) is -0.0578. The first-order valence-electron chi connectivity index (χ1n) is 9.94. The van der Waals surface area contributed by atoms with Gasteiger partial charge in [-0.2, -0.15) is 0 Å². The van der Waals surface area contributed by atoms with E-state index in [0.717, 1.165) is 21.9 Å². The van der Waals surface area contributed by atoms with Crippen LogP contribution in [0.25, 0.3) is 10.8 Å². The molecule has 0 aliphatic heterocycles. The Bertz CT molecular complexity index is 1140. The molecule has 0 aromatic heterocycles. The first-order valence-corrected chi connectivity index (χ1v) is 11.8. The van der Waals surface area contributed by atoms with Gasteiger partial charge < -0.3 is 5.32 Å². The highest BCUT2D eigenvalue weighted by molar-refractivity contribution is 7.90. The van der Waals surface area contributed by atoms with Crippen LogP contribution in [-0.4, -0.2) is 39.1 Å². The number of nitrogens with one attached hydrogen (secondary N) is 1. The Morgan fingerprint density at radius 3 is 2.27 bits per heavy atom. The summed E-state index contributed by atoms with van der Waals surface area (Å²) in [6, 6.07) is 20.9. The molecule has 3 aromatic rings. The maximum atomic E-state index is 12.7. The molecule has 0 bridgehead atoms. The zero-order valence-electron chi connectivity index (χ0n) is 17.8. The highest BCUT2D eigenvalue weighted by Crippen LogP contribution is 2.24. The quantitative estimate of drug-likeness (QED) is 0.620. The van der Waals surface area contributed by atoms with Gasteiger partial charge in [0.25, 0.3) is 0 Å². The molecular formula is C24H28N2O3S. The Kier molecular flexibility index (Phi) is 6.58. The number of hydrogen-bond acceptors (Lipinski definition) is 4. The van der Waals surface area contributed by atoms with Crippen LogP contribution in [0.2, 0.25) is 0 Å². The van der Waals surface area contributed by atoms with Gasteiger partial charge in [0.2, 0.25) is 5.91 Å². The summed E-state index contributed by atoms with van der Waals surface area (Å²) in [7, 11) is -1.33. The van der Waals surface area contributed by atoms with E-state index in [1.807, 2.05) is 50.1 Å². The second kappa shape index (κ2) is 8.98. The van der Waals surface area contributed by atoms with E-state index in [-0.39, 0.29) is 24.5 Å². The van der Waals surface area contributed by atoms with E-state index in [9.17, 15) is 13.2 Å². The molecule has 0 heterocycles. The highest BCUT2D eigenvalue weighted by atomic mass is 32.2. The normalized spacial score (nSPS) is 13.9. The molecule has 0 spiro atoms. The van der Waals surface area contributed by atoms with Crippen molar-refractivity contribution in [3.8, 4) is 0 Å². The molecule has 0 saturated heterocycles. The van der Waals surface area contributed by atoms with Gasteiger partial charge in [-0.25, -0.2) is 8.42 Å². The van der Waals surface area contributed by atoms with Crippen LogP contribution in [0.4, 0.5) is 0 Å². The van der Waals surface area contributed by atoms with Crippen molar-refractivity contribution in [1.29, 1.82) is 0 Å². The number of fused-ring (bicyclic) bond motifs is 1. The zero-order chi connectivity index (χ0) is 21.9. The summed E-state index contributed by atoms with van der Waals surface area (Å²) in [4.78, 5) is 14.9. The average Bonchev–Trinajstić information content (AvgIpc) is 2.72. The van der Waals surface area contributed by atoms with Crippen molar-refractivity contribution in [3.63, 3.8) is 0 Å². The van der Waals surface area contributed by atoms with Crippen LogP contribution in [0.15, 0.2) is 71.6 Å². The van der Waals surface area contributed by atoms with E-state index in [1.54, 1.807) is 24.3 Å². The number of carbonyl (C=O) groups excluding carboxylic acids is 1. The Morgan fingerprint density at radius 1 is 0.967 bits per heavy atom. The smallest absolute Gasteiger partial charge is 0.234 e. The standard InChI is InChI=1S/C24H28N2O3S/c1-17(22-11-7-9-20-8-5-6-10-23(20)22)25-24(27)16-26(3)18(2)19-12-14-21(15-13-19)30(4,28)29/h5-15,17-18H,16H2,1-4H3,(H,25,27)/t17-,18-/m1/s1.